The number of rotatable bonds is 2. The first-order valence-electron chi connectivity index (χ1n) is 5.19. The third-order valence-electron chi connectivity index (χ3n) is 2.57. The number of benzene rings is 1. The van der Waals surface area contributed by atoms with Crippen LogP contribution < -0.4 is 5.32 Å². The molecule has 0 radical (unpaired) electrons. The van der Waals surface area contributed by atoms with Crippen molar-refractivity contribution in [1.29, 1.82) is 0 Å². The van der Waals surface area contributed by atoms with Crippen LogP contribution in [0.1, 0.15) is 21.6 Å². The number of hydrogen-bond donors (Lipinski definition) is 1. The van der Waals surface area contributed by atoms with Crippen LogP contribution in [0.5, 0.6) is 0 Å². The average molecular weight is 313 g/mol. The molecular weight excluding hydrogens is 303 g/mol. The number of nitrogens with one attached hydrogen (secondary N) is 1. The van der Waals surface area contributed by atoms with Crippen molar-refractivity contribution in [2.24, 2.45) is 0 Å². The number of anilines is 1. The van der Waals surface area contributed by atoms with Crippen LogP contribution >= 0.6 is 15.9 Å². The van der Waals surface area contributed by atoms with Crippen molar-refractivity contribution < 1.29 is 13.7 Å². The molecule has 6 heteroatoms. The van der Waals surface area contributed by atoms with E-state index in [9.17, 15) is 9.18 Å². The summed E-state index contributed by atoms with van der Waals surface area (Å²) >= 11 is 3.14. The first kappa shape index (κ1) is 12.8. The Morgan fingerprint density at radius 3 is 2.72 bits per heavy atom. The van der Waals surface area contributed by atoms with Crippen LogP contribution in [0.25, 0.3) is 0 Å². The summed E-state index contributed by atoms with van der Waals surface area (Å²) in [4.78, 5) is 11.9. The van der Waals surface area contributed by atoms with Gasteiger partial charge in [0.1, 0.15) is 5.82 Å². The monoisotopic (exact) mass is 312 g/mol. The molecule has 0 unspecified atom stereocenters. The molecule has 94 valence electrons. The fourth-order valence-electron chi connectivity index (χ4n) is 1.41. The highest BCUT2D eigenvalue weighted by molar-refractivity contribution is 9.10. The molecule has 1 N–H and O–H groups in total. The Morgan fingerprint density at radius 2 is 2.17 bits per heavy atom. The lowest BCUT2D eigenvalue weighted by molar-refractivity contribution is 0.101. The maximum Gasteiger partial charge on any atom is 0.262 e. The summed E-state index contributed by atoms with van der Waals surface area (Å²) in [6, 6.07) is 4.33. The largest absolute Gasteiger partial charge is 0.338 e. The summed E-state index contributed by atoms with van der Waals surface area (Å²) < 4.78 is 18.9. The van der Waals surface area contributed by atoms with Gasteiger partial charge in [0, 0.05) is 10.0 Å². The van der Waals surface area contributed by atoms with E-state index >= 15 is 0 Å². The fraction of sp³-hybridized carbons (Fsp3) is 0.167. The highest BCUT2D eigenvalue weighted by Crippen LogP contribution is 2.23. The zero-order valence-electron chi connectivity index (χ0n) is 9.75. The Morgan fingerprint density at radius 1 is 1.44 bits per heavy atom. The summed E-state index contributed by atoms with van der Waals surface area (Å²) in [5.41, 5.74) is 1.33. The molecule has 0 fully saturated rings. The molecule has 1 aromatic carbocycles. The molecule has 1 aromatic heterocycles. The zero-order valence-corrected chi connectivity index (χ0v) is 11.3. The minimum Gasteiger partial charge on any atom is -0.338 e. The number of carbonyl (C=O) groups excluding carboxylic acids is 1. The molecular formula is C12H10BrFN2O2. The van der Waals surface area contributed by atoms with E-state index in [0.29, 0.717) is 10.2 Å². The van der Waals surface area contributed by atoms with Crippen LogP contribution in [-0.4, -0.2) is 11.1 Å². The van der Waals surface area contributed by atoms with Crippen LogP contribution in [0.4, 0.5) is 10.3 Å². The molecule has 0 atom stereocenters. The normalized spacial score (nSPS) is 10.4. The number of aryl methyl sites for hydroxylation is 1. The van der Waals surface area contributed by atoms with E-state index in [1.807, 2.05) is 0 Å². The summed E-state index contributed by atoms with van der Waals surface area (Å²) in [5.74, 6) is -0.956. The summed E-state index contributed by atoms with van der Waals surface area (Å²) in [6.45, 7) is 3.52. The second-order valence-electron chi connectivity index (χ2n) is 3.77. The van der Waals surface area contributed by atoms with Gasteiger partial charge in [-0.15, -0.1) is 0 Å². The predicted molar refractivity (Wildman–Crippen MR) is 68.0 cm³/mol. The molecule has 0 spiro atoms. The Hall–Kier alpha value is -1.69. The molecule has 1 heterocycles. The maximum atomic E-state index is 13.6. The van der Waals surface area contributed by atoms with E-state index in [2.05, 4.69) is 26.4 Å². The van der Waals surface area contributed by atoms with E-state index in [0.717, 1.165) is 5.56 Å². The van der Waals surface area contributed by atoms with E-state index < -0.39 is 11.7 Å². The lowest BCUT2D eigenvalue weighted by Gasteiger charge is -2.05. The zero-order chi connectivity index (χ0) is 13.3. The van der Waals surface area contributed by atoms with Crippen molar-refractivity contribution in [3.8, 4) is 0 Å². The third-order valence-corrected chi connectivity index (χ3v) is 3.23. The minimum absolute atomic E-state index is 0.0639. The number of aromatic nitrogens is 1. The number of hydrogen-bond acceptors (Lipinski definition) is 3. The van der Waals surface area contributed by atoms with Crippen molar-refractivity contribution in [2.75, 3.05) is 5.32 Å². The van der Waals surface area contributed by atoms with E-state index in [1.54, 1.807) is 19.9 Å². The van der Waals surface area contributed by atoms with Crippen LogP contribution in [0.3, 0.4) is 0 Å². The number of halogens is 2. The Balaban J connectivity index is 2.31. The van der Waals surface area contributed by atoms with Gasteiger partial charge in [-0.25, -0.2) is 4.39 Å². The van der Waals surface area contributed by atoms with Gasteiger partial charge in [-0.05, 0) is 41.9 Å². The maximum absolute atomic E-state index is 13.6. The van der Waals surface area contributed by atoms with Crippen molar-refractivity contribution >= 4 is 27.7 Å². The topological polar surface area (TPSA) is 55.1 Å². The van der Waals surface area contributed by atoms with Crippen molar-refractivity contribution in [1.82, 2.24) is 5.16 Å². The first-order valence-corrected chi connectivity index (χ1v) is 5.98. The van der Waals surface area contributed by atoms with Crippen molar-refractivity contribution in [3.63, 3.8) is 0 Å². The molecule has 0 saturated heterocycles. The molecule has 2 rings (SSSR count). The highest BCUT2D eigenvalue weighted by Gasteiger charge is 2.18. The molecule has 0 aliphatic rings. The third kappa shape index (κ3) is 2.28. The van der Waals surface area contributed by atoms with E-state index in [4.69, 9.17) is 4.52 Å². The van der Waals surface area contributed by atoms with Crippen LogP contribution in [0.15, 0.2) is 27.2 Å². The Bertz CT molecular complexity index is 590. The molecule has 0 bridgehead atoms. The molecule has 18 heavy (non-hydrogen) atoms. The Kier molecular flexibility index (Phi) is 3.47. The molecule has 0 aliphatic heterocycles. The summed E-state index contributed by atoms with van der Waals surface area (Å²) in [6.07, 6.45) is 0. The van der Waals surface area contributed by atoms with Crippen LogP contribution in [0.2, 0.25) is 0 Å². The lowest BCUT2D eigenvalue weighted by atomic mass is 10.2. The minimum atomic E-state index is -0.601. The molecule has 0 aliphatic carbocycles. The van der Waals surface area contributed by atoms with Gasteiger partial charge in [-0.3, -0.25) is 10.1 Å². The van der Waals surface area contributed by atoms with Crippen LogP contribution in [-0.2, 0) is 0 Å². The van der Waals surface area contributed by atoms with Crippen molar-refractivity contribution in [3.05, 3.63) is 45.3 Å². The van der Waals surface area contributed by atoms with Gasteiger partial charge in [0.15, 0.2) is 0 Å². The summed E-state index contributed by atoms with van der Waals surface area (Å²) in [7, 11) is 0. The van der Waals surface area contributed by atoms with Gasteiger partial charge >= 0.3 is 0 Å². The second-order valence-corrected chi connectivity index (χ2v) is 4.63. The van der Waals surface area contributed by atoms with Crippen molar-refractivity contribution in [2.45, 2.75) is 13.8 Å². The smallest absolute Gasteiger partial charge is 0.262 e. The SMILES string of the molecule is Cc1noc(NC(=O)c2c(F)cccc2Br)c1C. The highest BCUT2D eigenvalue weighted by atomic mass is 79.9. The quantitative estimate of drug-likeness (QED) is 0.924. The predicted octanol–water partition coefficient (Wildman–Crippen LogP) is 3.45. The van der Waals surface area contributed by atoms with E-state index in [-0.39, 0.29) is 11.4 Å². The van der Waals surface area contributed by atoms with Gasteiger partial charge in [0.25, 0.3) is 5.91 Å². The molecule has 2 aromatic rings. The average Bonchev–Trinajstić information content (AvgIpc) is 2.61. The fourth-order valence-corrected chi connectivity index (χ4v) is 1.93. The molecule has 1 amide bonds. The van der Waals surface area contributed by atoms with Gasteiger partial charge in [0.2, 0.25) is 5.88 Å². The first-order chi connectivity index (χ1) is 8.50. The van der Waals surface area contributed by atoms with Gasteiger partial charge < -0.3 is 4.52 Å². The second kappa shape index (κ2) is 4.89. The van der Waals surface area contributed by atoms with Gasteiger partial charge in [-0.1, -0.05) is 11.2 Å². The van der Waals surface area contributed by atoms with Crippen LogP contribution in [0, 0.1) is 19.7 Å². The van der Waals surface area contributed by atoms with E-state index in [1.165, 1.54) is 12.1 Å². The molecule has 0 saturated carbocycles. The number of nitrogens with zero attached hydrogens (tertiary/aromatic N) is 1. The molecule has 4 nitrogen and oxygen atoms in total. The standard InChI is InChI=1S/C12H10BrFN2O2/c1-6-7(2)16-18-12(6)15-11(17)10-8(13)4-3-5-9(10)14/h3-5H,1-2H3,(H,15,17). The van der Waals surface area contributed by atoms with Gasteiger partial charge in [-0.2, -0.15) is 0 Å². The lowest BCUT2D eigenvalue weighted by Crippen LogP contribution is -2.14. The number of amides is 1. The Labute approximate surface area is 111 Å². The summed E-state index contributed by atoms with van der Waals surface area (Å²) in [5, 5.41) is 6.20. The number of carbonyl (C=O) groups is 1. The van der Waals surface area contributed by atoms with Gasteiger partial charge in [0.05, 0.1) is 11.3 Å².